The SMILES string of the molecule is Nc1nc(-c2ccc3cncnc3c2)c2ccccc2n1. The maximum Gasteiger partial charge on any atom is 0.221 e. The van der Waals surface area contributed by atoms with E-state index in [0.29, 0.717) is 0 Å². The summed E-state index contributed by atoms with van der Waals surface area (Å²) < 4.78 is 0. The third-order valence-electron chi connectivity index (χ3n) is 3.40. The van der Waals surface area contributed by atoms with Crippen molar-refractivity contribution < 1.29 is 0 Å². The summed E-state index contributed by atoms with van der Waals surface area (Å²) in [6, 6.07) is 13.8. The smallest absolute Gasteiger partial charge is 0.221 e. The fraction of sp³-hybridized carbons (Fsp3) is 0. The first-order valence-electron chi connectivity index (χ1n) is 6.54. The molecule has 0 spiro atoms. The number of nitrogens with zero attached hydrogens (tertiary/aromatic N) is 4. The van der Waals surface area contributed by atoms with Crippen molar-refractivity contribution in [3.8, 4) is 11.3 Å². The Morgan fingerprint density at radius 1 is 0.905 bits per heavy atom. The zero-order valence-electron chi connectivity index (χ0n) is 11.1. The normalized spacial score (nSPS) is 11.0. The zero-order valence-corrected chi connectivity index (χ0v) is 11.1. The molecule has 0 saturated heterocycles. The van der Waals surface area contributed by atoms with Crippen molar-refractivity contribution in [2.75, 3.05) is 5.73 Å². The minimum atomic E-state index is 0.270. The van der Waals surface area contributed by atoms with Crippen molar-refractivity contribution in [3.63, 3.8) is 0 Å². The van der Waals surface area contributed by atoms with Crippen molar-refractivity contribution in [3.05, 3.63) is 55.0 Å². The molecule has 0 unspecified atom stereocenters. The fourth-order valence-corrected chi connectivity index (χ4v) is 2.44. The van der Waals surface area contributed by atoms with Gasteiger partial charge in [0, 0.05) is 22.5 Å². The largest absolute Gasteiger partial charge is 0.368 e. The van der Waals surface area contributed by atoms with Gasteiger partial charge in [-0.25, -0.2) is 19.9 Å². The van der Waals surface area contributed by atoms with Gasteiger partial charge in [0.25, 0.3) is 0 Å². The van der Waals surface area contributed by atoms with E-state index in [1.54, 1.807) is 12.5 Å². The average molecular weight is 273 g/mol. The van der Waals surface area contributed by atoms with Crippen LogP contribution in [0.5, 0.6) is 0 Å². The fourth-order valence-electron chi connectivity index (χ4n) is 2.44. The van der Waals surface area contributed by atoms with E-state index in [1.807, 2.05) is 42.5 Å². The van der Waals surface area contributed by atoms with Gasteiger partial charge < -0.3 is 5.73 Å². The van der Waals surface area contributed by atoms with Crippen LogP contribution in [0.15, 0.2) is 55.0 Å². The molecule has 4 aromatic rings. The van der Waals surface area contributed by atoms with Gasteiger partial charge in [-0.15, -0.1) is 0 Å². The number of hydrogen-bond donors (Lipinski definition) is 1. The molecule has 21 heavy (non-hydrogen) atoms. The Morgan fingerprint density at radius 3 is 2.76 bits per heavy atom. The first-order chi connectivity index (χ1) is 10.3. The molecule has 0 bridgehead atoms. The molecule has 0 fully saturated rings. The van der Waals surface area contributed by atoms with Crippen LogP contribution in [0.25, 0.3) is 33.1 Å². The molecular weight excluding hydrogens is 262 g/mol. The maximum absolute atomic E-state index is 5.83. The lowest BCUT2D eigenvalue weighted by Gasteiger charge is -2.07. The van der Waals surface area contributed by atoms with Gasteiger partial charge in [-0.05, 0) is 12.1 Å². The number of hydrogen-bond acceptors (Lipinski definition) is 5. The number of anilines is 1. The van der Waals surface area contributed by atoms with Crippen LogP contribution < -0.4 is 5.73 Å². The van der Waals surface area contributed by atoms with Gasteiger partial charge in [0.2, 0.25) is 5.95 Å². The van der Waals surface area contributed by atoms with E-state index in [2.05, 4.69) is 19.9 Å². The molecule has 2 N–H and O–H groups in total. The molecule has 2 aromatic heterocycles. The number of rotatable bonds is 1. The third-order valence-corrected chi connectivity index (χ3v) is 3.40. The minimum absolute atomic E-state index is 0.270. The third kappa shape index (κ3) is 1.95. The predicted octanol–water partition coefficient (Wildman–Crippen LogP) is 2.82. The molecule has 2 aromatic carbocycles. The quantitative estimate of drug-likeness (QED) is 0.577. The monoisotopic (exact) mass is 273 g/mol. The van der Waals surface area contributed by atoms with E-state index >= 15 is 0 Å². The highest BCUT2D eigenvalue weighted by molar-refractivity contribution is 5.95. The summed E-state index contributed by atoms with van der Waals surface area (Å²) in [5.41, 5.74) is 9.32. The number of aromatic nitrogens is 4. The van der Waals surface area contributed by atoms with Crippen molar-refractivity contribution in [2.45, 2.75) is 0 Å². The lowest BCUT2D eigenvalue weighted by atomic mass is 10.0. The first-order valence-corrected chi connectivity index (χ1v) is 6.54. The molecule has 2 heterocycles. The summed E-state index contributed by atoms with van der Waals surface area (Å²) in [4.78, 5) is 17.0. The van der Waals surface area contributed by atoms with Gasteiger partial charge >= 0.3 is 0 Å². The molecule has 5 nitrogen and oxygen atoms in total. The molecule has 0 aliphatic carbocycles. The molecule has 100 valence electrons. The standard InChI is InChI=1S/C16H11N5/c17-16-20-13-4-2-1-3-12(13)15(21-16)10-5-6-11-8-18-9-19-14(11)7-10/h1-9H,(H2,17,20,21). The van der Waals surface area contributed by atoms with Crippen LogP contribution >= 0.6 is 0 Å². The Hall–Kier alpha value is -3.08. The second-order valence-corrected chi connectivity index (χ2v) is 4.74. The zero-order chi connectivity index (χ0) is 14.2. The summed E-state index contributed by atoms with van der Waals surface area (Å²) in [6.07, 6.45) is 3.33. The van der Waals surface area contributed by atoms with E-state index in [4.69, 9.17) is 5.73 Å². The molecule has 0 amide bonds. The topological polar surface area (TPSA) is 77.6 Å². The Labute approximate surface area is 120 Å². The number of para-hydroxylation sites is 1. The van der Waals surface area contributed by atoms with Crippen LogP contribution in [0, 0.1) is 0 Å². The van der Waals surface area contributed by atoms with Crippen molar-refractivity contribution in [1.82, 2.24) is 19.9 Å². The second kappa shape index (κ2) is 4.49. The maximum atomic E-state index is 5.83. The van der Waals surface area contributed by atoms with Crippen LogP contribution in [0.1, 0.15) is 0 Å². The van der Waals surface area contributed by atoms with Crippen LogP contribution in [0.3, 0.4) is 0 Å². The number of benzene rings is 2. The van der Waals surface area contributed by atoms with Crippen molar-refractivity contribution >= 4 is 27.8 Å². The molecule has 0 aliphatic rings. The minimum Gasteiger partial charge on any atom is -0.368 e. The predicted molar refractivity (Wildman–Crippen MR) is 82.5 cm³/mol. The molecule has 0 saturated carbocycles. The lowest BCUT2D eigenvalue weighted by molar-refractivity contribution is 1.22. The molecule has 0 aliphatic heterocycles. The number of nitrogens with two attached hydrogens (primary N) is 1. The van der Waals surface area contributed by atoms with Crippen LogP contribution in [-0.4, -0.2) is 19.9 Å². The summed E-state index contributed by atoms with van der Waals surface area (Å²) in [7, 11) is 0. The number of nitrogen functional groups attached to an aromatic ring is 1. The van der Waals surface area contributed by atoms with Crippen molar-refractivity contribution in [1.29, 1.82) is 0 Å². The average Bonchev–Trinajstić information content (AvgIpc) is 2.53. The molecule has 0 radical (unpaired) electrons. The molecular formula is C16H11N5. The van der Waals surface area contributed by atoms with Gasteiger partial charge in [-0.2, -0.15) is 0 Å². The van der Waals surface area contributed by atoms with E-state index in [9.17, 15) is 0 Å². The summed E-state index contributed by atoms with van der Waals surface area (Å²) in [5, 5.41) is 1.97. The van der Waals surface area contributed by atoms with E-state index < -0.39 is 0 Å². The van der Waals surface area contributed by atoms with Crippen molar-refractivity contribution in [2.24, 2.45) is 0 Å². The van der Waals surface area contributed by atoms with Gasteiger partial charge in [-0.3, -0.25) is 0 Å². The summed E-state index contributed by atoms with van der Waals surface area (Å²) in [5.74, 6) is 0.270. The van der Waals surface area contributed by atoms with E-state index in [1.165, 1.54) is 0 Å². The molecule has 0 atom stereocenters. The van der Waals surface area contributed by atoms with E-state index in [0.717, 1.165) is 33.1 Å². The Balaban J connectivity index is 2.03. The molecule has 4 rings (SSSR count). The van der Waals surface area contributed by atoms with Gasteiger partial charge in [0.1, 0.15) is 6.33 Å². The highest BCUT2D eigenvalue weighted by Gasteiger charge is 2.09. The highest BCUT2D eigenvalue weighted by Crippen LogP contribution is 2.28. The lowest BCUT2D eigenvalue weighted by Crippen LogP contribution is -1.98. The summed E-state index contributed by atoms with van der Waals surface area (Å²) in [6.45, 7) is 0. The molecule has 5 heteroatoms. The van der Waals surface area contributed by atoms with Gasteiger partial charge in [0.05, 0.1) is 16.7 Å². The highest BCUT2D eigenvalue weighted by atomic mass is 15.0. The Morgan fingerprint density at radius 2 is 1.81 bits per heavy atom. The van der Waals surface area contributed by atoms with Crippen LogP contribution in [-0.2, 0) is 0 Å². The van der Waals surface area contributed by atoms with Crippen LogP contribution in [0.2, 0.25) is 0 Å². The summed E-state index contributed by atoms with van der Waals surface area (Å²) >= 11 is 0. The van der Waals surface area contributed by atoms with Gasteiger partial charge in [0.15, 0.2) is 0 Å². The first kappa shape index (κ1) is 11.7. The van der Waals surface area contributed by atoms with E-state index in [-0.39, 0.29) is 5.95 Å². The number of fused-ring (bicyclic) bond motifs is 2. The second-order valence-electron chi connectivity index (χ2n) is 4.74. The van der Waals surface area contributed by atoms with Gasteiger partial charge in [-0.1, -0.05) is 30.3 Å². The van der Waals surface area contributed by atoms with Crippen LogP contribution in [0.4, 0.5) is 5.95 Å². The Kier molecular flexibility index (Phi) is 2.50. The Bertz CT molecular complexity index is 965.